The predicted molar refractivity (Wildman–Crippen MR) is 116 cm³/mol. The van der Waals surface area contributed by atoms with E-state index in [9.17, 15) is 13.2 Å². The number of carbonyl (C=O) groups is 1. The molecule has 0 atom stereocenters. The smallest absolute Gasteiger partial charge is 0.262 e. The quantitative estimate of drug-likeness (QED) is 0.648. The number of nitrogens with one attached hydrogen (secondary N) is 2. The first-order chi connectivity index (χ1) is 14.0. The summed E-state index contributed by atoms with van der Waals surface area (Å²) in [4.78, 5) is 15.0. The Labute approximate surface area is 173 Å². The maximum absolute atomic E-state index is 12.8. The number of rotatable bonds is 8. The highest BCUT2D eigenvalue weighted by atomic mass is 32.2. The fourth-order valence-corrected chi connectivity index (χ4v) is 4.87. The minimum atomic E-state index is -3.78. The standard InChI is InChI=1S/C22H29N3O3S/c1-18-11-12-19(22(26)23-13-8-16-25-14-6-3-7-15-25)17-21(18)29(27,28)24-20-9-4-2-5-10-20/h2,4-5,9-12,17,24H,3,6-8,13-16H2,1H3,(H,23,26). The third-order valence-corrected chi connectivity index (χ3v) is 6.67. The van der Waals surface area contributed by atoms with E-state index in [0.717, 1.165) is 26.1 Å². The predicted octanol–water partition coefficient (Wildman–Crippen LogP) is 3.40. The number of para-hydroxylation sites is 1. The van der Waals surface area contributed by atoms with Crippen molar-refractivity contribution >= 4 is 21.6 Å². The highest BCUT2D eigenvalue weighted by Crippen LogP contribution is 2.21. The molecule has 0 aliphatic carbocycles. The van der Waals surface area contributed by atoms with E-state index in [1.165, 1.54) is 25.3 Å². The molecule has 0 aromatic heterocycles. The van der Waals surface area contributed by atoms with Crippen molar-refractivity contribution in [2.45, 2.75) is 37.5 Å². The van der Waals surface area contributed by atoms with E-state index < -0.39 is 10.0 Å². The van der Waals surface area contributed by atoms with Gasteiger partial charge in [-0.2, -0.15) is 0 Å². The number of hydrogen-bond acceptors (Lipinski definition) is 4. The van der Waals surface area contributed by atoms with Gasteiger partial charge in [0.05, 0.1) is 4.90 Å². The number of sulfonamides is 1. The van der Waals surface area contributed by atoms with E-state index >= 15 is 0 Å². The molecule has 2 aromatic rings. The van der Waals surface area contributed by atoms with Gasteiger partial charge in [-0.1, -0.05) is 30.7 Å². The van der Waals surface area contributed by atoms with Crippen LogP contribution in [0, 0.1) is 6.92 Å². The van der Waals surface area contributed by atoms with E-state index in [-0.39, 0.29) is 10.8 Å². The van der Waals surface area contributed by atoms with Gasteiger partial charge in [0.25, 0.3) is 15.9 Å². The number of amides is 1. The SMILES string of the molecule is Cc1ccc(C(=O)NCCCN2CCCCC2)cc1S(=O)(=O)Nc1ccccc1. The molecule has 0 unspecified atom stereocenters. The van der Waals surface area contributed by atoms with E-state index in [1.807, 2.05) is 6.07 Å². The Hall–Kier alpha value is -2.38. The first-order valence-electron chi connectivity index (χ1n) is 10.1. The molecule has 2 N–H and O–H groups in total. The minimum Gasteiger partial charge on any atom is -0.352 e. The number of piperidine rings is 1. The van der Waals surface area contributed by atoms with Crippen LogP contribution >= 0.6 is 0 Å². The summed E-state index contributed by atoms with van der Waals surface area (Å²) >= 11 is 0. The van der Waals surface area contributed by atoms with Gasteiger partial charge in [-0.05, 0) is 75.6 Å². The summed E-state index contributed by atoms with van der Waals surface area (Å²) < 4.78 is 28.1. The van der Waals surface area contributed by atoms with Crippen LogP contribution in [-0.4, -0.2) is 45.4 Å². The molecule has 1 aliphatic rings. The Kier molecular flexibility index (Phi) is 7.28. The summed E-state index contributed by atoms with van der Waals surface area (Å²) in [6.07, 6.45) is 4.71. The van der Waals surface area contributed by atoms with Crippen molar-refractivity contribution < 1.29 is 13.2 Å². The Morgan fingerprint density at radius 2 is 1.76 bits per heavy atom. The summed E-state index contributed by atoms with van der Waals surface area (Å²) in [7, 11) is -3.78. The molecule has 0 spiro atoms. The van der Waals surface area contributed by atoms with E-state index in [4.69, 9.17) is 0 Å². The van der Waals surface area contributed by atoms with Crippen LogP contribution in [0.2, 0.25) is 0 Å². The zero-order valence-corrected chi connectivity index (χ0v) is 17.7. The molecule has 0 saturated carbocycles. The molecule has 0 radical (unpaired) electrons. The average molecular weight is 416 g/mol. The second kappa shape index (κ2) is 9.89. The molecule has 1 heterocycles. The number of likely N-dealkylation sites (tertiary alicyclic amines) is 1. The van der Waals surface area contributed by atoms with Crippen molar-refractivity contribution in [2.24, 2.45) is 0 Å². The van der Waals surface area contributed by atoms with Crippen LogP contribution in [0.4, 0.5) is 5.69 Å². The Morgan fingerprint density at radius 1 is 1.03 bits per heavy atom. The second-order valence-electron chi connectivity index (χ2n) is 7.46. The zero-order valence-electron chi connectivity index (χ0n) is 16.9. The van der Waals surface area contributed by atoms with Crippen LogP contribution < -0.4 is 10.0 Å². The molecule has 156 valence electrons. The summed E-state index contributed by atoms with van der Waals surface area (Å²) in [5.74, 6) is -0.250. The van der Waals surface area contributed by atoms with E-state index in [2.05, 4.69) is 14.9 Å². The van der Waals surface area contributed by atoms with Gasteiger partial charge in [0.2, 0.25) is 0 Å². The Morgan fingerprint density at radius 3 is 2.48 bits per heavy atom. The molecule has 1 aliphatic heterocycles. The minimum absolute atomic E-state index is 0.113. The third kappa shape index (κ3) is 6.05. The molecule has 2 aromatic carbocycles. The topological polar surface area (TPSA) is 78.5 Å². The van der Waals surface area contributed by atoms with E-state index in [1.54, 1.807) is 43.3 Å². The zero-order chi connectivity index (χ0) is 20.7. The maximum atomic E-state index is 12.8. The number of carbonyl (C=O) groups excluding carboxylic acids is 1. The van der Waals surface area contributed by atoms with Gasteiger partial charge < -0.3 is 10.2 Å². The maximum Gasteiger partial charge on any atom is 0.262 e. The van der Waals surface area contributed by atoms with Crippen LogP contribution in [0.25, 0.3) is 0 Å². The molecule has 29 heavy (non-hydrogen) atoms. The summed E-state index contributed by atoms with van der Waals surface area (Å²) in [6, 6.07) is 13.5. The lowest BCUT2D eigenvalue weighted by Gasteiger charge is -2.26. The van der Waals surface area contributed by atoms with Crippen LogP contribution in [0.1, 0.15) is 41.6 Å². The van der Waals surface area contributed by atoms with Crippen molar-refractivity contribution in [1.82, 2.24) is 10.2 Å². The van der Waals surface area contributed by atoms with Crippen molar-refractivity contribution in [1.29, 1.82) is 0 Å². The van der Waals surface area contributed by atoms with Gasteiger partial charge in [0.1, 0.15) is 0 Å². The normalized spacial score (nSPS) is 15.1. The lowest BCUT2D eigenvalue weighted by atomic mass is 10.1. The van der Waals surface area contributed by atoms with Crippen LogP contribution in [0.5, 0.6) is 0 Å². The number of hydrogen-bond donors (Lipinski definition) is 2. The molecular formula is C22H29N3O3S. The summed E-state index contributed by atoms with van der Waals surface area (Å²) in [6.45, 7) is 5.56. The average Bonchev–Trinajstić information content (AvgIpc) is 2.72. The molecule has 3 rings (SSSR count). The fraction of sp³-hybridized carbons (Fsp3) is 0.409. The molecule has 1 saturated heterocycles. The molecule has 1 fully saturated rings. The molecule has 7 heteroatoms. The van der Waals surface area contributed by atoms with Gasteiger partial charge in [0, 0.05) is 17.8 Å². The summed E-state index contributed by atoms with van der Waals surface area (Å²) in [5.41, 5.74) is 1.43. The van der Waals surface area contributed by atoms with Crippen molar-refractivity contribution in [3.8, 4) is 0 Å². The molecule has 0 bridgehead atoms. The Balaban J connectivity index is 1.60. The van der Waals surface area contributed by atoms with Crippen LogP contribution in [0.3, 0.4) is 0 Å². The number of benzene rings is 2. The van der Waals surface area contributed by atoms with Crippen molar-refractivity contribution in [2.75, 3.05) is 30.9 Å². The second-order valence-corrected chi connectivity index (χ2v) is 9.11. The van der Waals surface area contributed by atoms with Gasteiger partial charge in [0.15, 0.2) is 0 Å². The number of aryl methyl sites for hydroxylation is 1. The van der Waals surface area contributed by atoms with Gasteiger partial charge in [-0.3, -0.25) is 9.52 Å². The highest BCUT2D eigenvalue weighted by Gasteiger charge is 2.19. The molecule has 1 amide bonds. The van der Waals surface area contributed by atoms with Gasteiger partial charge in [-0.15, -0.1) is 0 Å². The largest absolute Gasteiger partial charge is 0.352 e. The van der Waals surface area contributed by atoms with E-state index in [0.29, 0.717) is 23.4 Å². The highest BCUT2D eigenvalue weighted by molar-refractivity contribution is 7.92. The van der Waals surface area contributed by atoms with Gasteiger partial charge >= 0.3 is 0 Å². The van der Waals surface area contributed by atoms with Crippen LogP contribution in [-0.2, 0) is 10.0 Å². The van der Waals surface area contributed by atoms with Gasteiger partial charge in [-0.25, -0.2) is 8.42 Å². The third-order valence-electron chi connectivity index (χ3n) is 5.15. The lowest BCUT2D eigenvalue weighted by Crippen LogP contribution is -2.33. The fourth-order valence-electron chi connectivity index (χ4n) is 3.54. The van der Waals surface area contributed by atoms with Crippen molar-refractivity contribution in [3.63, 3.8) is 0 Å². The first-order valence-corrected chi connectivity index (χ1v) is 11.6. The van der Waals surface area contributed by atoms with Crippen LogP contribution in [0.15, 0.2) is 53.4 Å². The number of anilines is 1. The first kappa shape index (κ1) is 21.3. The monoisotopic (exact) mass is 415 g/mol. The molecular weight excluding hydrogens is 386 g/mol. The summed E-state index contributed by atoms with van der Waals surface area (Å²) in [5, 5.41) is 2.91. The Bertz CT molecular complexity index is 924. The lowest BCUT2D eigenvalue weighted by molar-refractivity contribution is 0.0951. The molecule has 6 nitrogen and oxygen atoms in total. The van der Waals surface area contributed by atoms with Crippen molar-refractivity contribution in [3.05, 3.63) is 59.7 Å². The number of nitrogens with zero attached hydrogens (tertiary/aromatic N) is 1.